The largest absolute Gasteiger partial charge is 0.482 e. The van der Waals surface area contributed by atoms with Crippen LogP contribution in [0.5, 0.6) is 5.75 Å². The highest BCUT2D eigenvalue weighted by Crippen LogP contribution is 2.36. The van der Waals surface area contributed by atoms with E-state index in [0.29, 0.717) is 21.6 Å². The maximum atomic E-state index is 12.8. The lowest BCUT2D eigenvalue weighted by Crippen LogP contribution is -2.26. The minimum absolute atomic E-state index is 0.0417. The van der Waals surface area contributed by atoms with Crippen molar-refractivity contribution in [2.45, 2.75) is 18.7 Å². The fraction of sp³-hybridized carbons (Fsp3) is 0.188. The molecule has 1 amide bonds. The van der Waals surface area contributed by atoms with Crippen LogP contribution in [0.25, 0.3) is 0 Å². The van der Waals surface area contributed by atoms with Crippen molar-refractivity contribution >= 4 is 43.2 Å². The van der Waals surface area contributed by atoms with E-state index in [1.54, 1.807) is 0 Å². The maximum Gasteiger partial charge on any atom is 0.263 e. The van der Waals surface area contributed by atoms with E-state index in [0.717, 1.165) is 11.1 Å². The number of carbonyl (C=O) groups excluding carboxylic acids is 1. The predicted octanol–water partition coefficient (Wildman–Crippen LogP) is 3.20. The van der Waals surface area contributed by atoms with Crippen LogP contribution in [-0.2, 0) is 14.8 Å². The van der Waals surface area contributed by atoms with E-state index in [1.165, 1.54) is 12.1 Å². The van der Waals surface area contributed by atoms with Crippen molar-refractivity contribution in [3.8, 4) is 5.75 Å². The van der Waals surface area contributed by atoms with Gasteiger partial charge in [0, 0.05) is 10.5 Å². The van der Waals surface area contributed by atoms with Gasteiger partial charge >= 0.3 is 0 Å². The molecule has 1 aliphatic heterocycles. The van der Waals surface area contributed by atoms with Crippen molar-refractivity contribution in [3.05, 3.63) is 45.9 Å². The Morgan fingerprint density at radius 1 is 1.21 bits per heavy atom. The van der Waals surface area contributed by atoms with Crippen LogP contribution in [0.3, 0.4) is 0 Å². The van der Waals surface area contributed by atoms with Crippen LogP contribution in [0.4, 0.5) is 11.4 Å². The van der Waals surface area contributed by atoms with Crippen LogP contribution in [0.1, 0.15) is 11.1 Å². The number of amides is 1. The summed E-state index contributed by atoms with van der Waals surface area (Å²) in [4.78, 5) is 11.4. The Labute approximate surface area is 148 Å². The van der Waals surface area contributed by atoms with Gasteiger partial charge in [-0.1, -0.05) is 18.2 Å². The van der Waals surface area contributed by atoms with Gasteiger partial charge in [0.25, 0.3) is 15.9 Å². The second kappa shape index (κ2) is 6.10. The number of hydrogen-bond acceptors (Lipinski definition) is 4. The van der Waals surface area contributed by atoms with E-state index >= 15 is 0 Å². The van der Waals surface area contributed by atoms with Crippen LogP contribution in [-0.4, -0.2) is 20.9 Å². The van der Waals surface area contributed by atoms with Gasteiger partial charge in [-0.25, -0.2) is 8.42 Å². The molecule has 0 radical (unpaired) electrons. The van der Waals surface area contributed by atoms with Gasteiger partial charge in [-0.2, -0.15) is 0 Å². The van der Waals surface area contributed by atoms with E-state index in [-0.39, 0.29) is 17.4 Å². The highest BCUT2D eigenvalue weighted by atomic mass is 79.9. The minimum Gasteiger partial charge on any atom is -0.482 e. The highest BCUT2D eigenvalue weighted by molar-refractivity contribution is 9.10. The molecule has 126 valence electrons. The third kappa shape index (κ3) is 3.11. The monoisotopic (exact) mass is 410 g/mol. The van der Waals surface area contributed by atoms with E-state index in [4.69, 9.17) is 4.74 Å². The zero-order chi connectivity index (χ0) is 17.5. The number of hydrogen-bond donors (Lipinski definition) is 2. The molecule has 0 spiro atoms. The lowest BCUT2D eigenvalue weighted by atomic mass is 10.1. The number of nitrogens with one attached hydrogen (secondary N) is 2. The van der Waals surface area contributed by atoms with Gasteiger partial charge in [-0.3, -0.25) is 9.52 Å². The van der Waals surface area contributed by atoms with Gasteiger partial charge < -0.3 is 10.1 Å². The number of carbonyl (C=O) groups is 1. The normalized spacial score (nSPS) is 13.7. The quantitative estimate of drug-likeness (QED) is 0.813. The average molecular weight is 411 g/mol. The van der Waals surface area contributed by atoms with Gasteiger partial charge in [0.1, 0.15) is 10.6 Å². The van der Waals surface area contributed by atoms with Gasteiger partial charge in [0.05, 0.1) is 11.4 Å². The molecule has 0 aromatic heterocycles. The molecule has 1 aliphatic rings. The molecule has 6 nitrogen and oxygen atoms in total. The third-order valence-corrected chi connectivity index (χ3v) is 5.98. The first-order valence-electron chi connectivity index (χ1n) is 7.13. The summed E-state index contributed by atoms with van der Waals surface area (Å²) in [5.74, 6) is 0.0401. The molecule has 3 rings (SSSR count). The minimum atomic E-state index is -3.83. The fourth-order valence-corrected chi connectivity index (χ4v) is 4.71. The lowest BCUT2D eigenvalue weighted by molar-refractivity contribution is -0.118. The summed E-state index contributed by atoms with van der Waals surface area (Å²) in [6.45, 7) is 3.54. The smallest absolute Gasteiger partial charge is 0.263 e. The zero-order valence-electron chi connectivity index (χ0n) is 13.0. The Kier molecular flexibility index (Phi) is 4.27. The van der Waals surface area contributed by atoms with Gasteiger partial charge in [0.15, 0.2) is 6.61 Å². The summed E-state index contributed by atoms with van der Waals surface area (Å²) in [6, 6.07) is 8.46. The van der Waals surface area contributed by atoms with Crippen molar-refractivity contribution in [1.82, 2.24) is 0 Å². The van der Waals surface area contributed by atoms with E-state index in [9.17, 15) is 13.2 Å². The third-order valence-electron chi connectivity index (χ3n) is 3.67. The van der Waals surface area contributed by atoms with E-state index in [2.05, 4.69) is 26.0 Å². The van der Waals surface area contributed by atoms with Crippen molar-refractivity contribution < 1.29 is 17.9 Å². The van der Waals surface area contributed by atoms with Gasteiger partial charge in [-0.15, -0.1) is 0 Å². The average Bonchev–Trinajstić information content (AvgIpc) is 2.50. The molecule has 2 aromatic rings. The lowest BCUT2D eigenvalue weighted by Gasteiger charge is -2.20. The second-order valence-electron chi connectivity index (χ2n) is 5.49. The second-order valence-corrected chi connectivity index (χ2v) is 7.99. The zero-order valence-corrected chi connectivity index (χ0v) is 15.4. The van der Waals surface area contributed by atoms with E-state index in [1.807, 2.05) is 32.0 Å². The maximum absolute atomic E-state index is 12.8. The van der Waals surface area contributed by atoms with E-state index < -0.39 is 10.0 Å². The molecule has 1 heterocycles. The molecule has 0 aliphatic carbocycles. The number of ether oxygens (including phenoxy) is 1. The standard InChI is InChI=1S/C16H15BrN2O4S/c1-9-4-3-5-10(2)16(9)19-24(21,22)14-7-13-12(6-11(14)17)18-15(20)8-23-13/h3-7,19H,8H2,1-2H3,(H,18,20). The molecule has 0 saturated carbocycles. The summed E-state index contributed by atoms with van der Waals surface area (Å²) < 4.78 is 33.9. The van der Waals surface area contributed by atoms with Crippen LogP contribution in [0, 0.1) is 13.8 Å². The first kappa shape index (κ1) is 16.8. The first-order valence-corrected chi connectivity index (χ1v) is 9.41. The number of fused-ring (bicyclic) bond motifs is 1. The predicted molar refractivity (Wildman–Crippen MR) is 95.0 cm³/mol. The summed E-state index contributed by atoms with van der Waals surface area (Å²) in [6.07, 6.45) is 0. The van der Waals surface area contributed by atoms with Gasteiger partial charge in [-0.05, 0) is 47.0 Å². The molecule has 0 fully saturated rings. The van der Waals surface area contributed by atoms with Crippen molar-refractivity contribution in [3.63, 3.8) is 0 Å². The number of aryl methyl sites for hydroxylation is 2. The van der Waals surface area contributed by atoms with Crippen molar-refractivity contribution in [1.29, 1.82) is 0 Å². The summed E-state index contributed by atoms with van der Waals surface area (Å²) in [5, 5.41) is 2.64. The SMILES string of the molecule is Cc1cccc(C)c1NS(=O)(=O)c1cc2c(cc1Br)NC(=O)CO2. The van der Waals surface area contributed by atoms with Crippen LogP contribution < -0.4 is 14.8 Å². The Morgan fingerprint density at radius 2 is 1.88 bits per heavy atom. The molecule has 0 bridgehead atoms. The Morgan fingerprint density at radius 3 is 2.54 bits per heavy atom. The van der Waals surface area contributed by atoms with Crippen molar-refractivity contribution in [2.75, 3.05) is 16.6 Å². The number of rotatable bonds is 3. The van der Waals surface area contributed by atoms with Crippen LogP contribution >= 0.6 is 15.9 Å². The fourth-order valence-electron chi connectivity index (χ4n) is 2.45. The number of sulfonamides is 1. The first-order chi connectivity index (χ1) is 11.3. The molecule has 24 heavy (non-hydrogen) atoms. The summed E-state index contributed by atoms with van der Waals surface area (Å²) >= 11 is 3.26. The molecule has 0 saturated heterocycles. The van der Waals surface area contributed by atoms with Gasteiger partial charge in [0.2, 0.25) is 0 Å². The number of halogens is 1. The number of benzene rings is 2. The highest BCUT2D eigenvalue weighted by Gasteiger charge is 2.25. The van der Waals surface area contributed by atoms with Crippen LogP contribution in [0.15, 0.2) is 39.7 Å². The molecule has 2 aromatic carbocycles. The summed E-state index contributed by atoms with van der Waals surface area (Å²) in [5.41, 5.74) is 2.65. The Bertz CT molecular complexity index is 921. The molecular weight excluding hydrogens is 396 g/mol. The Hall–Kier alpha value is -2.06. The molecule has 0 unspecified atom stereocenters. The topological polar surface area (TPSA) is 84.5 Å². The molecule has 2 N–H and O–H groups in total. The Balaban J connectivity index is 2.03. The van der Waals surface area contributed by atoms with Crippen LogP contribution in [0.2, 0.25) is 0 Å². The van der Waals surface area contributed by atoms with Crippen molar-refractivity contribution in [2.24, 2.45) is 0 Å². The molecular formula is C16H15BrN2O4S. The molecule has 8 heteroatoms. The molecule has 0 atom stereocenters. The number of para-hydroxylation sites is 1. The summed E-state index contributed by atoms with van der Waals surface area (Å²) in [7, 11) is -3.83. The number of anilines is 2.